The molecule has 2 aromatic rings. The fourth-order valence-corrected chi connectivity index (χ4v) is 5.57. The maximum absolute atomic E-state index is 12.6. The average Bonchev–Trinajstić information content (AvgIpc) is 2.63. The molecule has 2 aromatic carbocycles. The van der Waals surface area contributed by atoms with E-state index in [9.17, 15) is 16.8 Å². The zero-order chi connectivity index (χ0) is 19.5. The minimum absolute atomic E-state index is 0.0644. The molecule has 0 bridgehead atoms. The van der Waals surface area contributed by atoms with Crippen LogP contribution in [-0.2, 0) is 20.0 Å². The van der Waals surface area contributed by atoms with Crippen LogP contribution < -0.4 is 13.8 Å². The molecule has 7 nitrogen and oxygen atoms in total. The number of anilines is 2. The predicted octanol–water partition coefficient (Wildman–Crippen LogP) is 2.82. The largest absolute Gasteiger partial charge is 0.494 e. The van der Waals surface area contributed by atoms with E-state index in [0.29, 0.717) is 36.7 Å². The Morgan fingerprint density at radius 1 is 1.04 bits per heavy atom. The maximum atomic E-state index is 12.6. The average molecular weight is 411 g/mol. The molecular weight excluding hydrogens is 388 g/mol. The Bertz CT molecular complexity index is 985. The first-order valence-electron chi connectivity index (χ1n) is 8.68. The highest BCUT2D eigenvalue weighted by atomic mass is 32.2. The molecule has 0 amide bonds. The number of hydrogen-bond acceptors (Lipinski definition) is 5. The van der Waals surface area contributed by atoms with Crippen LogP contribution >= 0.6 is 0 Å². The van der Waals surface area contributed by atoms with Gasteiger partial charge in [0.15, 0.2) is 0 Å². The van der Waals surface area contributed by atoms with Gasteiger partial charge in [-0.2, -0.15) is 0 Å². The van der Waals surface area contributed by atoms with Crippen molar-refractivity contribution in [3.63, 3.8) is 0 Å². The Morgan fingerprint density at radius 2 is 1.70 bits per heavy atom. The maximum Gasteiger partial charge on any atom is 0.261 e. The Morgan fingerprint density at radius 3 is 2.30 bits per heavy atom. The number of sulfonamides is 2. The molecule has 0 spiro atoms. The molecule has 27 heavy (non-hydrogen) atoms. The zero-order valence-electron chi connectivity index (χ0n) is 15.0. The van der Waals surface area contributed by atoms with Gasteiger partial charge in [-0.1, -0.05) is 0 Å². The lowest BCUT2D eigenvalue weighted by Gasteiger charge is -2.28. The van der Waals surface area contributed by atoms with Crippen molar-refractivity contribution in [2.75, 3.05) is 27.9 Å². The number of benzene rings is 2. The number of nitrogens with zero attached hydrogens (tertiary/aromatic N) is 1. The lowest BCUT2D eigenvalue weighted by molar-refractivity contribution is 0.340. The van der Waals surface area contributed by atoms with Crippen molar-refractivity contribution in [3.05, 3.63) is 48.5 Å². The summed E-state index contributed by atoms with van der Waals surface area (Å²) in [6.45, 7) is 2.82. The summed E-state index contributed by atoms with van der Waals surface area (Å²) in [6, 6.07) is 12.5. The third-order valence-corrected chi connectivity index (χ3v) is 7.47. The molecule has 9 heteroatoms. The van der Waals surface area contributed by atoms with E-state index in [-0.39, 0.29) is 10.6 Å². The minimum Gasteiger partial charge on any atom is -0.494 e. The van der Waals surface area contributed by atoms with Gasteiger partial charge in [-0.15, -0.1) is 0 Å². The predicted molar refractivity (Wildman–Crippen MR) is 105 cm³/mol. The molecule has 0 aliphatic carbocycles. The number of nitrogens with one attached hydrogen (secondary N) is 1. The van der Waals surface area contributed by atoms with E-state index in [2.05, 4.69) is 4.72 Å². The Hall–Kier alpha value is -2.26. The molecule has 1 aliphatic heterocycles. The van der Waals surface area contributed by atoms with Crippen molar-refractivity contribution in [2.24, 2.45) is 0 Å². The van der Waals surface area contributed by atoms with Gasteiger partial charge in [-0.3, -0.25) is 9.03 Å². The van der Waals surface area contributed by atoms with Gasteiger partial charge in [0.25, 0.3) is 10.0 Å². The van der Waals surface area contributed by atoms with Crippen molar-refractivity contribution >= 4 is 31.4 Å². The summed E-state index contributed by atoms with van der Waals surface area (Å²) >= 11 is 0. The summed E-state index contributed by atoms with van der Waals surface area (Å²) in [5.41, 5.74) is 0.899. The smallest absolute Gasteiger partial charge is 0.261 e. The Labute approximate surface area is 160 Å². The first-order chi connectivity index (χ1) is 12.8. The van der Waals surface area contributed by atoms with E-state index in [0.717, 1.165) is 6.42 Å². The fraction of sp³-hybridized carbons (Fsp3) is 0.333. The van der Waals surface area contributed by atoms with Gasteiger partial charge in [-0.25, -0.2) is 16.8 Å². The summed E-state index contributed by atoms with van der Waals surface area (Å²) < 4.78 is 58.6. The van der Waals surface area contributed by atoms with Gasteiger partial charge in [0.2, 0.25) is 10.0 Å². The first-order valence-corrected chi connectivity index (χ1v) is 11.8. The highest BCUT2D eigenvalue weighted by molar-refractivity contribution is 7.93. The van der Waals surface area contributed by atoms with Crippen LogP contribution in [0.1, 0.15) is 19.8 Å². The molecule has 1 aliphatic rings. The Kier molecular flexibility index (Phi) is 5.61. The van der Waals surface area contributed by atoms with Gasteiger partial charge in [0.1, 0.15) is 5.75 Å². The number of rotatable bonds is 6. The van der Waals surface area contributed by atoms with E-state index in [1.807, 2.05) is 6.92 Å². The summed E-state index contributed by atoms with van der Waals surface area (Å²) in [7, 11) is -7.10. The second-order valence-corrected chi connectivity index (χ2v) is 9.85. The van der Waals surface area contributed by atoms with E-state index in [1.54, 1.807) is 24.3 Å². The van der Waals surface area contributed by atoms with E-state index in [1.165, 1.54) is 28.6 Å². The van der Waals surface area contributed by atoms with E-state index >= 15 is 0 Å². The van der Waals surface area contributed by atoms with Crippen molar-refractivity contribution in [1.29, 1.82) is 0 Å². The topological polar surface area (TPSA) is 92.8 Å². The zero-order valence-corrected chi connectivity index (χ0v) is 16.6. The monoisotopic (exact) mass is 410 g/mol. The SMILES string of the molecule is CCOc1ccc(NS(=O)(=O)c2ccc(N3CCCCS3(=O)=O)cc2)cc1. The summed E-state index contributed by atoms with van der Waals surface area (Å²) in [5, 5.41) is 0. The van der Waals surface area contributed by atoms with E-state index < -0.39 is 20.0 Å². The number of hydrogen-bond donors (Lipinski definition) is 1. The van der Waals surface area contributed by atoms with Gasteiger partial charge in [0.05, 0.1) is 22.9 Å². The van der Waals surface area contributed by atoms with Crippen molar-refractivity contribution < 1.29 is 21.6 Å². The molecular formula is C18H22N2O5S2. The fourth-order valence-electron chi connectivity index (χ4n) is 2.87. The van der Waals surface area contributed by atoms with Crippen molar-refractivity contribution in [3.8, 4) is 5.75 Å². The van der Waals surface area contributed by atoms with Crippen LogP contribution in [-0.4, -0.2) is 35.7 Å². The Balaban J connectivity index is 1.77. The lowest BCUT2D eigenvalue weighted by Crippen LogP contribution is -2.37. The van der Waals surface area contributed by atoms with Gasteiger partial charge < -0.3 is 4.74 Å². The summed E-state index contributed by atoms with van der Waals surface area (Å²) in [6.07, 6.45) is 1.44. The molecule has 0 saturated carbocycles. The van der Waals surface area contributed by atoms with Crippen LogP contribution in [0.15, 0.2) is 53.4 Å². The molecule has 1 heterocycles. The van der Waals surface area contributed by atoms with Crippen LogP contribution in [0.2, 0.25) is 0 Å². The molecule has 146 valence electrons. The minimum atomic E-state index is -3.77. The molecule has 0 unspecified atom stereocenters. The van der Waals surface area contributed by atoms with Crippen LogP contribution in [0.3, 0.4) is 0 Å². The van der Waals surface area contributed by atoms with Gasteiger partial charge in [-0.05, 0) is 68.3 Å². The highest BCUT2D eigenvalue weighted by Crippen LogP contribution is 2.26. The second kappa shape index (κ2) is 7.77. The number of ether oxygens (including phenoxy) is 1. The second-order valence-electron chi connectivity index (χ2n) is 6.15. The molecule has 3 rings (SSSR count). The van der Waals surface area contributed by atoms with E-state index in [4.69, 9.17) is 4.74 Å². The first kappa shape index (κ1) is 19.5. The highest BCUT2D eigenvalue weighted by Gasteiger charge is 2.26. The van der Waals surface area contributed by atoms with Crippen molar-refractivity contribution in [2.45, 2.75) is 24.7 Å². The molecule has 0 atom stereocenters. The van der Waals surface area contributed by atoms with Crippen LogP contribution in [0, 0.1) is 0 Å². The summed E-state index contributed by atoms with van der Waals surface area (Å²) in [5.74, 6) is 0.777. The van der Waals surface area contributed by atoms with Gasteiger partial charge >= 0.3 is 0 Å². The van der Waals surface area contributed by atoms with Gasteiger partial charge in [0, 0.05) is 12.2 Å². The molecule has 1 fully saturated rings. The third-order valence-electron chi connectivity index (χ3n) is 4.20. The lowest BCUT2D eigenvalue weighted by atomic mass is 10.3. The third kappa shape index (κ3) is 4.54. The van der Waals surface area contributed by atoms with Crippen LogP contribution in [0.5, 0.6) is 5.75 Å². The molecule has 0 radical (unpaired) electrons. The standard InChI is InChI=1S/C18H22N2O5S2/c1-2-25-17-9-5-15(6-10-17)19-27(23,24)18-11-7-16(8-12-18)20-13-3-4-14-26(20,21)22/h5-12,19H,2-4,13-14H2,1H3. The molecule has 1 saturated heterocycles. The quantitative estimate of drug-likeness (QED) is 0.790. The van der Waals surface area contributed by atoms with Crippen LogP contribution in [0.25, 0.3) is 0 Å². The molecule has 1 N–H and O–H groups in total. The van der Waals surface area contributed by atoms with Crippen LogP contribution in [0.4, 0.5) is 11.4 Å². The normalized spacial score (nSPS) is 16.7. The van der Waals surface area contributed by atoms with Crippen molar-refractivity contribution in [1.82, 2.24) is 0 Å². The summed E-state index contributed by atoms with van der Waals surface area (Å²) in [4.78, 5) is 0.0644. The molecule has 0 aromatic heterocycles.